The van der Waals surface area contributed by atoms with Crippen LogP contribution in [0, 0.1) is 6.92 Å². The van der Waals surface area contributed by atoms with Crippen molar-refractivity contribution in [2.24, 2.45) is 0 Å². The van der Waals surface area contributed by atoms with Gasteiger partial charge in [-0.05, 0) is 42.8 Å². The summed E-state index contributed by atoms with van der Waals surface area (Å²) in [7, 11) is 2.47. The smallest absolute Gasteiger partial charge is 0.339 e. The standard InChI is InChI=1S/C25H26N4O6S/c1-5-11-29-21(14-35-18-8-6-7-16(2)12-18)27-28-25(29)36-15-22(30)26-20-13-17(23(31)33-3)9-10-19(20)24(32)34-4/h5-10,12-13H,1,11,14-15H2,2-4H3,(H,26,30). The monoisotopic (exact) mass is 510 g/mol. The Morgan fingerprint density at radius 2 is 1.86 bits per heavy atom. The van der Waals surface area contributed by atoms with Crippen molar-refractivity contribution in [2.75, 3.05) is 25.3 Å². The van der Waals surface area contributed by atoms with Gasteiger partial charge in [-0.15, -0.1) is 16.8 Å². The zero-order chi connectivity index (χ0) is 26.1. The van der Waals surface area contributed by atoms with Crippen LogP contribution in [0.4, 0.5) is 5.69 Å². The first kappa shape index (κ1) is 26.5. The molecule has 1 amide bonds. The Labute approximate surface area is 212 Å². The summed E-state index contributed by atoms with van der Waals surface area (Å²) in [5, 5.41) is 11.5. The van der Waals surface area contributed by atoms with Gasteiger partial charge in [0.05, 0.1) is 36.8 Å². The van der Waals surface area contributed by atoms with Crippen molar-refractivity contribution >= 4 is 35.3 Å². The van der Waals surface area contributed by atoms with Crippen molar-refractivity contribution in [3.05, 3.63) is 77.6 Å². The summed E-state index contributed by atoms with van der Waals surface area (Å²) < 4.78 is 17.1. The molecule has 0 aliphatic heterocycles. The fourth-order valence-electron chi connectivity index (χ4n) is 3.19. The van der Waals surface area contributed by atoms with Crippen LogP contribution >= 0.6 is 11.8 Å². The molecular weight excluding hydrogens is 484 g/mol. The first-order chi connectivity index (χ1) is 17.4. The molecule has 11 heteroatoms. The zero-order valence-corrected chi connectivity index (χ0v) is 21.0. The Balaban J connectivity index is 1.70. The molecule has 1 aromatic heterocycles. The summed E-state index contributed by atoms with van der Waals surface area (Å²) in [6.07, 6.45) is 1.70. The van der Waals surface area contributed by atoms with Gasteiger partial charge in [0.25, 0.3) is 0 Å². The number of rotatable bonds is 11. The van der Waals surface area contributed by atoms with E-state index < -0.39 is 17.8 Å². The average molecular weight is 511 g/mol. The van der Waals surface area contributed by atoms with E-state index in [1.807, 2.05) is 31.2 Å². The van der Waals surface area contributed by atoms with Crippen LogP contribution in [0.1, 0.15) is 32.1 Å². The molecule has 10 nitrogen and oxygen atoms in total. The van der Waals surface area contributed by atoms with Crippen molar-refractivity contribution in [3.63, 3.8) is 0 Å². The summed E-state index contributed by atoms with van der Waals surface area (Å²) in [6, 6.07) is 11.8. The number of carbonyl (C=O) groups excluding carboxylic acids is 3. The normalized spacial score (nSPS) is 10.4. The van der Waals surface area contributed by atoms with Crippen LogP contribution in [0.5, 0.6) is 5.75 Å². The van der Waals surface area contributed by atoms with Gasteiger partial charge in [0.15, 0.2) is 11.0 Å². The lowest BCUT2D eigenvalue weighted by Crippen LogP contribution is -2.18. The number of hydrogen-bond acceptors (Lipinski definition) is 9. The molecular formula is C25H26N4O6S. The summed E-state index contributed by atoms with van der Waals surface area (Å²) in [4.78, 5) is 36.7. The Morgan fingerprint density at radius 1 is 1.08 bits per heavy atom. The maximum Gasteiger partial charge on any atom is 0.339 e. The molecule has 0 bridgehead atoms. The molecule has 0 unspecified atom stereocenters. The van der Waals surface area contributed by atoms with E-state index in [0.29, 0.717) is 23.3 Å². The van der Waals surface area contributed by atoms with E-state index in [1.165, 1.54) is 32.4 Å². The number of hydrogen-bond donors (Lipinski definition) is 1. The Bertz CT molecular complexity index is 1270. The topological polar surface area (TPSA) is 122 Å². The number of benzene rings is 2. The SMILES string of the molecule is C=CCn1c(COc2cccc(C)c2)nnc1SCC(=O)Nc1cc(C(=O)OC)ccc1C(=O)OC. The lowest BCUT2D eigenvalue weighted by molar-refractivity contribution is -0.113. The number of carbonyl (C=O) groups is 3. The number of nitrogens with zero attached hydrogens (tertiary/aromatic N) is 3. The number of esters is 2. The number of allylic oxidation sites excluding steroid dienone is 1. The second-order valence-corrected chi connectivity index (χ2v) is 8.43. The fraction of sp³-hybridized carbons (Fsp3) is 0.240. The van der Waals surface area contributed by atoms with Crippen LogP contribution in [0.25, 0.3) is 0 Å². The summed E-state index contributed by atoms with van der Waals surface area (Å²) in [5.41, 5.74) is 1.50. The quantitative estimate of drug-likeness (QED) is 0.234. The Kier molecular flexibility index (Phi) is 9.23. The number of thioether (sulfide) groups is 1. The van der Waals surface area contributed by atoms with Crippen LogP contribution in [0.15, 0.2) is 60.3 Å². The maximum absolute atomic E-state index is 12.7. The van der Waals surface area contributed by atoms with Gasteiger partial charge in [-0.1, -0.05) is 30.0 Å². The van der Waals surface area contributed by atoms with E-state index in [-0.39, 0.29) is 29.2 Å². The second-order valence-electron chi connectivity index (χ2n) is 7.48. The molecule has 0 atom stereocenters. The molecule has 188 valence electrons. The highest BCUT2D eigenvalue weighted by Gasteiger charge is 2.19. The van der Waals surface area contributed by atoms with Crippen molar-refractivity contribution in [1.29, 1.82) is 0 Å². The third-order valence-corrected chi connectivity index (χ3v) is 5.88. The summed E-state index contributed by atoms with van der Waals surface area (Å²) >= 11 is 1.16. The predicted octanol–water partition coefficient (Wildman–Crippen LogP) is 3.66. The second kappa shape index (κ2) is 12.5. The van der Waals surface area contributed by atoms with Gasteiger partial charge < -0.3 is 19.5 Å². The van der Waals surface area contributed by atoms with Gasteiger partial charge in [-0.2, -0.15) is 0 Å². The van der Waals surface area contributed by atoms with Gasteiger partial charge in [0.1, 0.15) is 12.4 Å². The Hall–Kier alpha value is -4.12. The van der Waals surface area contributed by atoms with Crippen LogP contribution in [0.2, 0.25) is 0 Å². The minimum atomic E-state index is -0.654. The molecule has 3 aromatic rings. The fourth-order valence-corrected chi connectivity index (χ4v) is 3.96. The number of aromatic nitrogens is 3. The Morgan fingerprint density at radius 3 is 2.56 bits per heavy atom. The van der Waals surface area contributed by atoms with E-state index in [4.69, 9.17) is 14.2 Å². The van der Waals surface area contributed by atoms with E-state index in [0.717, 1.165) is 17.3 Å². The molecule has 2 aromatic carbocycles. The highest BCUT2D eigenvalue weighted by atomic mass is 32.2. The van der Waals surface area contributed by atoms with E-state index in [2.05, 4.69) is 22.1 Å². The van der Waals surface area contributed by atoms with Gasteiger partial charge >= 0.3 is 11.9 Å². The maximum atomic E-state index is 12.7. The highest BCUT2D eigenvalue weighted by molar-refractivity contribution is 7.99. The largest absolute Gasteiger partial charge is 0.486 e. The van der Waals surface area contributed by atoms with Crippen LogP contribution in [-0.4, -0.2) is 52.6 Å². The number of nitrogens with one attached hydrogen (secondary N) is 1. The van der Waals surface area contributed by atoms with Crippen LogP contribution in [-0.2, 0) is 27.4 Å². The van der Waals surface area contributed by atoms with Crippen LogP contribution in [0.3, 0.4) is 0 Å². The molecule has 1 heterocycles. The summed E-state index contributed by atoms with van der Waals surface area (Å²) in [6.45, 7) is 6.38. The van der Waals surface area contributed by atoms with E-state index >= 15 is 0 Å². The van der Waals surface area contributed by atoms with Gasteiger partial charge in [-0.25, -0.2) is 9.59 Å². The van der Waals surface area contributed by atoms with E-state index in [9.17, 15) is 14.4 Å². The third kappa shape index (κ3) is 6.72. The number of aryl methyl sites for hydroxylation is 1. The average Bonchev–Trinajstić information content (AvgIpc) is 3.26. The lowest BCUT2D eigenvalue weighted by atomic mass is 10.1. The van der Waals surface area contributed by atoms with Crippen molar-refractivity contribution in [3.8, 4) is 5.75 Å². The number of amides is 1. The molecule has 0 aliphatic carbocycles. The van der Waals surface area contributed by atoms with Crippen molar-refractivity contribution in [2.45, 2.75) is 25.2 Å². The molecule has 1 N–H and O–H groups in total. The van der Waals surface area contributed by atoms with E-state index in [1.54, 1.807) is 10.6 Å². The molecule has 0 radical (unpaired) electrons. The molecule has 0 saturated heterocycles. The predicted molar refractivity (Wildman–Crippen MR) is 134 cm³/mol. The molecule has 36 heavy (non-hydrogen) atoms. The molecule has 0 saturated carbocycles. The first-order valence-corrected chi connectivity index (χ1v) is 11.8. The van der Waals surface area contributed by atoms with Gasteiger partial charge in [0, 0.05) is 6.54 Å². The third-order valence-electron chi connectivity index (χ3n) is 4.92. The summed E-state index contributed by atoms with van der Waals surface area (Å²) in [5.74, 6) is -0.410. The van der Waals surface area contributed by atoms with Crippen molar-refractivity contribution < 1.29 is 28.6 Å². The number of methoxy groups -OCH3 is 2. The highest BCUT2D eigenvalue weighted by Crippen LogP contribution is 2.22. The molecule has 3 rings (SSSR count). The van der Waals surface area contributed by atoms with Gasteiger partial charge in [-0.3, -0.25) is 9.36 Å². The van der Waals surface area contributed by atoms with Crippen LogP contribution < -0.4 is 10.1 Å². The molecule has 0 aliphatic rings. The first-order valence-electron chi connectivity index (χ1n) is 10.8. The minimum Gasteiger partial charge on any atom is -0.486 e. The van der Waals surface area contributed by atoms with Gasteiger partial charge in [0.2, 0.25) is 5.91 Å². The van der Waals surface area contributed by atoms with Crippen molar-refractivity contribution in [1.82, 2.24) is 14.8 Å². The minimum absolute atomic E-state index is 0.0307. The number of anilines is 1. The molecule has 0 fully saturated rings. The zero-order valence-electron chi connectivity index (χ0n) is 20.1. The lowest BCUT2D eigenvalue weighted by Gasteiger charge is -2.12. The molecule has 0 spiro atoms. The number of ether oxygens (including phenoxy) is 3.